The van der Waals surface area contributed by atoms with E-state index in [1.54, 1.807) is 0 Å². The normalized spacial score (nSPS) is 42.0. The van der Waals surface area contributed by atoms with E-state index in [2.05, 4.69) is 11.8 Å². The fraction of sp³-hybridized carbons (Fsp3) is 0.923. The minimum Gasteiger partial charge on any atom is -0.458 e. The second-order valence-electron chi connectivity index (χ2n) is 5.19. The van der Waals surface area contributed by atoms with Gasteiger partial charge in [-0.1, -0.05) is 0 Å². The van der Waals surface area contributed by atoms with E-state index >= 15 is 0 Å². The summed E-state index contributed by atoms with van der Waals surface area (Å²) in [4.78, 5) is 13.9. The highest BCUT2D eigenvalue weighted by Crippen LogP contribution is 2.30. The molecule has 0 aromatic carbocycles. The average molecular weight is 257 g/mol. The van der Waals surface area contributed by atoms with Crippen LogP contribution < -0.4 is 0 Å². The fourth-order valence-corrected chi connectivity index (χ4v) is 2.93. The number of carbonyl (C=O) groups is 1. The topological polar surface area (TPSA) is 48.0 Å². The molecule has 2 saturated heterocycles. The first kappa shape index (κ1) is 13.8. The van der Waals surface area contributed by atoms with Gasteiger partial charge in [0.2, 0.25) is 0 Å². The molecule has 5 nitrogen and oxygen atoms in total. The van der Waals surface area contributed by atoms with Crippen LogP contribution in [0.1, 0.15) is 33.6 Å². The van der Waals surface area contributed by atoms with E-state index in [0.29, 0.717) is 13.0 Å². The van der Waals surface area contributed by atoms with Crippen molar-refractivity contribution in [3.63, 3.8) is 0 Å². The summed E-state index contributed by atoms with van der Waals surface area (Å²) in [6.45, 7) is 6.57. The summed E-state index contributed by atoms with van der Waals surface area (Å²) in [5.74, 6) is -0.196. The first-order chi connectivity index (χ1) is 8.52. The van der Waals surface area contributed by atoms with Crippen molar-refractivity contribution < 1.29 is 19.0 Å². The third-order valence-electron chi connectivity index (χ3n) is 3.81. The summed E-state index contributed by atoms with van der Waals surface area (Å²) in [7, 11) is 2.00. The Hall–Kier alpha value is -0.650. The highest BCUT2D eigenvalue weighted by atomic mass is 16.6. The van der Waals surface area contributed by atoms with Crippen LogP contribution in [0, 0.1) is 0 Å². The standard InChI is InChI=1S/C13H23NO4/c1-5-16-11-7-12(15)18-13-9(3)17-8(2)6-10(13)14(11)4/h8-11,13H,5-7H2,1-4H3/t8-,9-,10?,11?,13?/m0/s1. The van der Waals surface area contributed by atoms with Crippen LogP contribution in [0.15, 0.2) is 0 Å². The number of likely N-dealkylation sites (N-methyl/N-ethyl adjacent to an activating group) is 1. The number of fused-ring (bicyclic) bond motifs is 1. The summed E-state index contributed by atoms with van der Waals surface area (Å²) in [5, 5.41) is 0. The number of hydrogen-bond acceptors (Lipinski definition) is 5. The molecule has 0 aromatic heterocycles. The fourth-order valence-electron chi connectivity index (χ4n) is 2.93. The maximum Gasteiger partial charge on any atom is 0.310 e. The first-order valence-electron chi connectivity index (χ1n) is 6.71. The van der Waals surface area contributed by atoms with Crippen LogP contribution in [0.5, 0.6) is 0 Å². The minimum atomic E-state index is -0.196. The van der Waals surface area contributed by atoms with Crippen LogP contribution in [0.3, 0.4) is 0 Å². The van der Waals surface area contributed by atoms with Gasteiger partial charge >= 0.3 is 5.97 Å². The van der Waals surface area contributed by atoms with Gasteiger partial charge in [0.25, 0.3) is 0 Å². The van der Waals surface area contributed by atoms with Crippen molar-refractivity contribution in [2.24, 2.45) is 0 Å². The molecule has 2 aliphatic rings. The molecule has 0 bridgehead atoms. The van der Waals surface area contributed by atoms with Gasteiger partial charge in [-0.15, -0.1) is 0 Å². The first-order valence-corrected chi connectivity index (χ1v) is 6.71. The number of carbonyl (C=O) groups excluding carboxylic acids is 1. The number of ether oxygens (including phenoxy) is 3. The molecule has 3 unspecified atom stereocenters. The van der Waals surface area contributed by atoms with E-state index in [1.807, 2.05) is 20.9 Å². The molecule has 2 fully saturated rings. The van der Waals surface area contributed by atoms with E-state index in [1.165, 1.54) is 0 Å². The zero-order valence-electron chi connectivity index (χ0n) is 11.6. The number of hydrogen-bond donors (Lipinski definition) is 0. The monoisotopic (exact) mass is 257 g/mol. The van der Waals surface area contributed by atoms with Crippen molar-refractivity contribution in [2.45, 2.75) is 64.2 Å². The van der Waals surface area contributed by atoms with Gasteiger partial charge in [-0.3, -0.25) is 9.69 Å². The number of nitrogens with zero attached hydrogens (tertiary/aromatic N) is 1. The molecule has 0 N–H and O–H groups in total. The molecule has 0 radical (unpaired) electrons. The summed E-state index contributed by atoms with van der Waals surface area (Å²) in [6, 6.07) is 0.173. The van der Waals surface area contributed by atoms with Crippen LogP contribution >= 0.6 is 0 Å². The molecular formula is C13H23NO4. The zero-order valence-corrected chi connectivity index (χ0v) is 11.6. The van der Waals surface area contributed by atoms with E-state index in [-0.39, 0.29) is 36.6 Å². The molecule has 18 heavy (non-hydrogen) atoms. The lowest BCUT2D eigenvalue weighted by molar-refractivity contribution is -0.175. The van der Waals surface area contributed by atoms with Gasteiger partial charge in [-0.05, 0) is 34.2 Å². The second kappa shape index (κ2) is 5.55. The van der Waals surface area contributed by atoms with Gasteiger partial charge in [0.05, 0.1) is 24.7 Å². The number of rotatable bonds is 2. The molecule has 2 aliphatic heterocycles. The van der Waals surface area contributed by atoms with Crippen molar-refractivity contribution in [2.75, 3.05) is 13.7 Å². The summed E-state index contributed by atoms with van der Waals surface area (Å²) >= 11 is 0. The third kappa shape index (κ3) is 2.68. The van der Waals surface area contributed by atoms with Crippen LogP contribution in [0.2, 0.25) is 0 Å². The second-order valence-corrected chi connectivity index (χ2v) is 5.19. The molecule has 104 valence electrons. The van der Waals surface area contributed by atoms with Crippen LogP contribution in [0.4, 0.5) is 0 Å². The van der Waals surface area contributed by atoms with Gasteiger partial charge in [0.15, 0.2) is 0 Å². The van der Waals surface area contributed by atoms with Gasteiger partial charge in [0.1, 0.15) is 12.3 Å². The Labute approximate surface area is 108 Å². The lowest BCUT2D eigenvalue weighted by Crippen LogP contribution is -2.55. The Balaban J connectivity index is 2.19. The minimum absolute atomic E-state index is 0.0643. The molecule has 5 atom stereocenters. The van der Waals surface area contributed by atoms with E-state index in [0.717, 1.165) is 6.42 Å². The lowest BCUT2D eigenvalue weighted by atomic mass is 9.95. The maximum absolute atomic E-state index is 11.8. The summed E-state index contributed by atoms with van der Waals surface area (Å²) in [5.41, 5.74) is 0. The predicted octanol–water partition coefficient (Wildman–Crippen LogP) is 1.16. The van der Waals surface area contributed by atoms with E-state index in [4.69, 9.17) is 14.2 Å². The Morgan fingerprint density at radius 3 is 2.83 bits per heavy atom. The summed E-state index contributed by atoms with van der Waals surface area (Å²) < 4.78 is 16.9. The SMILES string of the molecule is CCOC1CC(=O)OC2C(C[C@H](C)O[C@H]2C)N1C. The molecule has 0 aliphatic carbocycles. The smallest absolute Gasteiger partial charge is 0.310 e. The highest BCUT2D eigenvalue weighted by Gasteiger charge is 2.44. The van der Waals surface area contributed by atoms with E-state index in [9.17, 15) is 4.79 Å². The lowest BCUT2D eigenvalue weighted by Gasteiger charge is -2.42. The zero-order chi connectivity index (χ0) is 13.3. The van der Waals surface area contributed by atoms with Gasteiger partial charge < -0.3 is 14.2 Å². The predicted molar refractivity (Wildman–Crippen MR) is 66.1 cm³/mol. The Kier molecular flexibility index (Phi) is 4.25. The molecular weight excluding hydrogens is 234 g/mol. The summed E-state index contributed by atoms with van der Waals surface area (Å²) in [6.07, 6.45) is 0.897. The van der Waals surface area contributed by atoms with Gasteiger partial charge in [-0.25, -0.2) is 0 Å². The van der Waals surface area contributed by atoms with Crippen molar-refractivity contribution in [1.29, 1.82) is 0 Å². The highest BCUT2D eigenvalue weighted by molar-refractivity contribution is 5.70. The Morgan fingerprint density at radius 2 is 2.17 bits per heavy atom. The molecule has 0 amide bonds. The van der Waals surface area contributed by atoms with Crippen molar-refractivity contribution in [3.05, 3.63) is 0 Å². The Morgan fingerprint density at radius 1 is 1.44 bits per heavy atom. The Bertz CT molecular complexity index is 309. The maximum atomic E-state index is 11.8. The van der Waals surface area contributed by atoms with Crippen molar-refractivity contribution >= 4 is 5.97 Å². The van der Waals surface area contributed by atoms with Crippen LogP contribution in [0.25, 0.3) is 0 Å². The molecule has 2 heterocycles. The van der Waals surface area contributed by atoms with Crippen molar-refractivity contribution in [1.82, 2.24) is 4.90 Å². The molecule has 0 aromatic rings. The molecule has 0 spiro atoms. The quantitative estimate of drug-likeness (QED) is 0.695. The largest absolute Gasteiger partial charge is 0.458 e. The van der Waals surface area contributed by atoms with Gasteiger partial charge in [-0.2, -0.15) is 0 Å². The molecule has 0 saturated carbocycles. The third-order valence-corrected chi connectivity index (χ3v) is 3.81. The molecule has 5 heteroatoms. The van der Waals surface area contributed by atoms with E-state index < -0.39 is 0 Å². The van der Waals surface area contributed by atoms with Crippen molar-refractivity contribution in [3.8, 4) is 0 Å². The molecule has 2 rings (SSSR count). The van der Waals surface area contributed by atoms with Crippen LogP contribution in [-0.2, 0) is 19.0 Å². The average Bonchev–Trinajstić information content (AvgIpc) is 2.40. The van der Waals surface area contributed by atoms with Gasteiger partial charge in [0, 0.05) is 6.61 Å². The number of esters is 1. The van der Waals surface area contributed by atoms with Crippen LogP contribution in [-0.4, -0.2) is 55.1 Å².